The van der Waals surface area contributed by atoms with Crippen molar-refractivity contribution in [1.82, 2.24) is 35.9 Å². The van der Waals surface area contributed by atoms with Gasteiger partial charge < -0.3 is 113 Å². The van der Waals surface area contributed by atoms with Crippen molar-refractivity contribution in [2.75, 3.05) is 182 Å². The molecule has 4 heterocycles. The van der Waals surface area contributed by atoms with Crippen LogP contribution in [0.15, 0.2) is 54.9 Å². The second-order valence-corrected chi connectivity index (χ2v) is 20.8. The molecule has 0 aliphatic carbocycles. The Hall–Kier alpha value is -6.24. The lowest BCUT2D eigenvalue weighted by atomic mass is 9.98. The number of anilines is 2. The van der Waals surface area contributed by atoms with Gasteiger partial charge in [0.05, 0.1) is 163 Å². The lowest BCUT2D eigenvalue weighted by Gasteiger charge is -2.37. The standard InChI is InChI=1S/C58H85F6N9O22/c59-57(60,61)45-6-10-67-55(72-45)70-41-33-93-43(53(80)51(41)78)35-90-28-26-86-24-22-84-20-18-82-16-12-65-47(74)8-14-88-31-40(69-49(76)37-92-38-50(77)95-30-39-4-2-1-3-5-39)32-89-15-9-48(75)66-13-17-83-19-21-85-23-25-87-27-29-91-36-44-54(81)52(79)42(34-94-44)71-56-68-11-7-46(73-56)58(62,63)64/h1-7,10-11,40-44,51-54,78-81H,8-9,12-38H2,(H,65,74)(H,66,75)(H,69,76)(H,67,70,72)(H,68,71,73)/t41-,42-,43+,44+,51+,52+,53-,54-/m0/s1. The van der Waals surface area contributed by atoms with Crippen LogP contribution in [0.4, 0.5) is 38.2 Å². The fourth-order valence-corrected chi connectivity index (χ4v) is 8.43. The van der Waals surface area contributed by atoms with Gasteiger partial charge in [-0.25, -0.2) is 24.7 Å². The lowest BCUT2D eigenvalue weighted by Crippen LogP contribution is -2.57. The minimum atomic E-state index is -4.69. The zero-order chi connectivity index (χ0) is 68.5. The number of aliphatic hydroxyl groups excluding tert-OH is 4. The molecule has 0 spiro atoms. The number of rotatable bonds is 49. The van der Waals surface area contributed by atoms with E-state index in [0.29, 0.717) is 12.1 Å². The van der Waals surface area contributed by atoms with Crippen LogP contribution in [0.5, 0.6) is 0 Å². The molecule has 9 N–H and O–H groups in total. The predicted molar refractivity (Wildman–Crippen MR) is 315 cm³/mol. The van der Waals surface area contributed by atoms with E-state index in [1.54, 1.807) is 24.3 Å². The smallest absolute Gasteiger partial charge is 0.433 e. The molecule has 2 aliphatic rings. The molecule has 2 aromatic heterocycles. The molecule has 0 bridgehead atoms. The summed E-state index contributed by atoms with van der Waals surface area (Å²) in [4.78, 5) is 64.1. The zero-order valence-corrected chi connectivity index (χ0v) is 52.1. The number of ether oxygens (including phenoxy) is 14. The number of esters is 1. The maximum absolute atomic E-state index is 13.0. The molecule has 0 radical (unpaired) electrons. The van der Waals surface area contributed by atoms with Gasteiger partial charge in [0.1, 0.15) is 67.8 Å². The molecular weight excluding hydrogens is 1290 g/mol. The van der Waals surface area contributed by atoms with Crippen molar-refractivity contribution in [3.05, 3.63) is 71.8 Å². The van der Waals surface area contributed by atoms with Crippen LogP contribution in [0.25, 0.3) is 0 Å². The number of carbonyl (C=O) groups is 4. The molecule has 0 saturated carbocycles. The monoisotopic (exact) mass is 1370 g/mol. The van der Waals surface area contributed by atoms with E-state index < -0.39 is 104 Å². The van der Waals surface area contributed by atoms with Crippen molar-refractivity contribution >= 4 is 35.6 Å². The Bertz CT molecular complexity index is 2490. The number of carbonyl (C=O) groups excluding carboxylic acids is 4. The Balaban J connectivity index is 0.826. The minimum Gasteiger partial charge on any atom is -0.459 e. The van der Waals surface area contributed by atoms with Crippen molar-refractivity contribution in [2.45, 2.75) is 86.6 Å². The van der Waals surface area contributed by atoms with Crippen molar-refractivity contribution in [3.8, 4) is 0 Å². The minimum absolute atomic E-state index is 0.0107. The van der Waals surface area contributed by atoms with Gasteiger partial charge in [0, 0.05) is 38.3 Å². The Morgan fingerprint density at radius 3 is 1.33 bits per heavy atom. The van der Waals surface area contributed by atoms with Crippen molar-refractivity contribution < 1.29 is 132 Å². The van der Waals surface area contributed by atoms with Gasteiger partial charge >= 0.3 is 18.3 Å². The van der Waals surface area contributed by atoms with E-state index in [0.717, 1.165) is 18.0 Å². The van der Waals surface area contributed by atoms with Gasteiger partial charge in [-0.3, -0.25) is 14.4 Å². The van der Waals surface area contributed by atoms with Gasteiger partial charge in [0.25, 0.3) is 0 Å². The maximum atomic E-state index is 13.0. The normalized spacial score (nSPS) is 19.9. The molecule has 2 aliphatic heterocycles. The fraction of sp³-hybridized carbons (Fsp3) is 0.690. The molecule has 3 amide bonds. The largest absolute Gasteiger partial charge is 0.459 e. The van der Waals surface area contributed by atoms with Crippen LogP contribution in [-0.4, -0.2) is 290 Å². The van der Waals surface area contributed by atoms with Gasteiger partial charge in [-0.15, -0.1) is 0 Å². The van der Waals surface area contributed by atoms with Crippen LogP contribution in [0, 0.1) is 0 Å². The van der Waals surface area contributed by atoms with Crippen LogP contribution in [0.2, 0.25) is 0 Å². The van der Waals surface area contributed by atoms with Gasteiger partial charge in [-0.2, -0.15) is 26.3 Å². The number of nitrogens with zero attached hydrogens (tertiary/aromatic N) is 4. The Labute approximate surface area is 543 Å². The number of hydrogen-bond acceptors (Lipinski definition) is 28. The van der Waals surface area contributed by atoms with E-state index in [1.807, 2.05) is 6.07 Å². The van der Waals surface area contributed by atoms with Gasteiger partial charge in [0.2, 0.25) is 29.6 Å². The molecular formula is C58H85F6N9O22. The van der Waals surface area contributed by atoms with Crippen LogP contribution in [0.3, 0.4) is 0 Å². The third-order valence-electron chi connectivity index (χ3n) is 13.4. The average Bonchev–Trinajstić information content (AvgIpc) is 0.903. The Morgan fingerprint density at radius 1 is 0.495 bits per heavy atom. The molecule has 2 saturated heterocycles. The third-order valence-corrected chi connectivity index (χ3v) is 13.4. The molecule has 8 atom stereocenters. The van der Waals surface area contributed by atoms with Gasteiger partial charge in [-0.05, 0) is 17.7 Å². The number of aromatic nitrogens is 4. The van der Waals surface area contributed by atoms with Crippen LogP contribution < -0.4 is 26.6 Å². The SMILES string of the molecule is O=C(CCOCC(COCCC(=O)NCCOCCOCCOCCOC[C@H]1OC[C@H](Nc2nccc(C(F)(F)F)n2)[C@@H](O)[C@H]1O)NC(=O)COCC(=O)OCc1ccccc1)NCCOCCOCCOCCOC[C@H]1OC[C@H](Nc2nccc(C(F)(F)F)n2)[C@@H](O)[C@H]1O. The van der Waals surface area contributed by atoms with Gasteiger partial charge in [-0.1, -0.05) is 30.3 Å². The van der Waals surface area contributed by atoms with Crippen molar-refractivity contribution in [2.24, 2.45) is 0 Å². The van der Waals surface area contributed by atoms with E-state index in [-0.39, 0.29) is 202 Å². The summed E-state index contributed by atoms with van der Waals surface area (Å²) < 4.78 is 155. The highest BCUT2D eigenvalue weighted by atomic mass is 19.4. The summed E-state index contributed by atoms with van der Waals surface area (Å²) in [5.74, 6) is -2.65. The number of amides is 3. The summed E-state index contributed by atoms with van der Waals surface area (Å²) in [7, 11) is 0. The second-order valence-electron chi connectivity index (χ2n) is 20.8. The molecule has 1 aromatic carbocycles. The second kappa shape index (κ2) is 45.3. The van der Waals surface area contributed by atoms with Crippen molar-refractivity contribution in [3.63, 3.8) is 0 Å². The van der Waals surface area contributed by atoms with Crippen LogP contribution in [0.1, 0.15) is 29.8 Å². The van der Waals surface area contributed by atoms with Crippen LogP contribution >= 0.6 is 0 Å². The first-order chi connectivity index (χ1) is 45.8. The van der Waals surface area contributed by atoms with E-state index >= 15 is 0 Å². The summed E-state index contributed by atoms with van der Waals surface area (Å²) in [6.07, 6.45) is -15.0. The zero-order valence-electron chi connectivity index (χ0n) is 52.1. The quantitative estimate of drug-likeness (QED) is 0.0190. The summed E-state index contributed by atoms with van der Waals surface area (Å²) in [6, 6.07) is 7.74. The number of halogens is 6. The Kier molecular flexibility index (Phi) is 37.9. The fourth-order valence-electron chi connectivity index (χ4n) is 8.43. The Morgan fingerprint density at radius 2 is 0.905 bits per heavy atom. The highest BCUT2D eigenvalue weighted by Gasteiger charge is 2.41. The summed E-state index contributed by atoms with van der Waals surface area (Å²) in [5, 5.41) is 55.3. The first kappa shape index (κ1) is 79.4. The van der Waals surface area contributed by atoms with Crippen LogP contribution in [-0.2, 0) is 104 Å². The maximum Gasteiger partial charge on any atom is 0.433 e. The summed E-state index contributed by atoms with van der Waals surface area (Å²) in [6.45, 7) is 1.88. The number of benzene rings is 1. The first-order valence-corrected chi connectivity index (χ1v) is 30.4. The molecule has 95 heavy (non-hydrogen) atoms. The molecule has 5 rings (SSSR count). The topological polar surface area (TPSA) is 390 Å². The third kappa shape index (κ3) is 33.5. The predicted octanol–water partition coefficient (Wildman–Crippen LogP) is -0.770. The highest BCUT2D eigenvalue weighted by Crippen LogP contribution is 2.29. The average molecular weight is 1370 g/mol. The molecule has 0 unspecified atom stereocenters. The number of hydrogen-bond donors (Lipinski definition) is 9. The molecule has 536 valence electrons. The highest BCUT2D eigenvalue weighted by molar-refractivity contribution is 5.78. The van der Waals surface area contributed by atoms with E-state index in [1.165, 1.54) is 0 Å². The molecule has 37 heteroatoms. The van der Waals surface area contributed by atoms with Gasteiger partial charge in [0.15, 0.2) is 0 Å². The molecule has 2 fully saturated rings. The number of alkyl halides is 6. The molecule has 31 nitrogen and oxygen atoms in total. The summed E-state index contributed by atoms with van der Waals surface area (Å²) in [5.41, 5.74) is -1.55. The molecule has 3 aromatic rings. The number of aliphatic hydroxyl groups is 4. The first-order valence-electron chi connectivity index (χ1n) is 30.4. The van der Waals surface area contributed by atoms with E-state index in [9.17, 15) is 65.9 Å². The van der Waals surface area contributed by atoms with Crippen molar-refractivity contribution in [1.29, 1.82) is 0 Å². The lowest BCUT2D eigenvalue weighted by molar-refractivity contribution is -0.161. The summed E-state index contributed by atoms with van der Waals surface area (Å²) >= 11 is 0. The van der Waals surface area contributed by atoms with E-state index in [4.69, 9.17) is 66.3 Å². The van der Waals surface area contributed by atoms with E-state index in [2.05, 4.69) is 46.5 Å². The number of nitrogens with one attached hydrogen (secondary N) is 5.